The maximum atomic E-state index is 11.4. The third-order valence-electron chi connectivity index (χ3n) is 4.73. The van der Waals surface area contributed by atoms with E-state index in [1.807, 2.05) is 22.4 Å². The number of rotatable bonds is 7. The van der Waals surface area contributed by atoms with E-state index in [1.54, 1.807) is 19.1 Å². The van der Waals surface area contributed by atoms with E-state index in [0.29, 0.717) is 5.56 Å². The number of aromatic nitrogens is 1. The van der Waals surface area contributed by atoms with Crippen LogP contribution in [0.1, 0.15) is 25.3 Å². The first-order chi connectivity index (χ1) is 14.4. The zero-order valence-corrected chi connectivity index (χ0v) is 17.5. The molecule has 1 aliphatic heterocycles. The lowest BCUT2D eigenvalue weighted by Crippen LogP contribution is -2.44. The van der Waals surface area contributed by atoms with Gasteiger partial charge in [0.1, 0.15) is 5.84 Å². The number of anilines is 1. The van der Waals surface area contributed by atoms with Gasteiger partial charge >= 0.3 is 6.09 Å². The summed E-state index contributed by atoms with van der Waals surface area (Å²) in [6.07, 6.45) is 1.01. The van der Waals surface area contributed by atoms with Crippen LogP contribution in [0.25, 0.3) is 11.3 Å². The number of likely N-dealkylation sites (tertiary alicyclic amines) is 1. The van der Waals surface area contributed by atoms with Crippen LogP contribution in [0.15, 0.2) is 34.6 Å². The number of piperidine rings is 1. The number of aliphatic carboxylic acids is 1. The van der Waals surface area contributed by atoms with Crippen LogP contribution in [0.5, 0.6) is 0 Å². The number of ether oxygens (including phenoxy) is 1. The van der Waals surface area contributed by atoms with Crippen molar-refractivity contribution in [3.63, 3.8) is 0 Å². The normalized spacial score (nSPS) is 15.7. The molecule has 1 fully saturated rings. The van der Waals surface area contributed by atoms with Gasteiger partial charge in [-0.1, -0.05) is 24.3 Å². The number of benzene rings is 1. The Bertz CT molecular complexity index is 904. The molecule has 1 aromatic carbocycles. The van der Waals surface area contributed by atoms with Crippen LogP contribution in [0.2, 0.25) is 0 Å². The summed E-state index contributed by atoms with van der Waals surface area (Å²) in [7, 11) is 0. The monoisotopic (exact) mass is 430 g/mol. The molecule has 0 unspecified atom stereocenters. The van der Waals surface area contributed by atoms with Gasteiger partial charge in [-0.3, -0.25) is 4.90 Å². The molecular formula is C20H24N5O4S-. The standard InChI is InChI=1S/C20H25N5O4S/c1-2-29-20(28)24-18(21)14-5-3-13(4-6-14)16-12-30-19(23-16)22-15-7-9-25(10-8-15)11-17(26)27/h3-6,12,15H,2,7-11H2,1H3,(H,22,23)(H,26,27)(H2,21,24,28)/p-1. The van der Waals surface area contributed by atoms with Gasteiger partial charge in [0.05, 0.1) is 18.3 Å². The summed E-state index contributed by atoms with van der Waals surface area (Å²) in [6, 6.07) is 7.59. The summed E-state index contributed by atoms with van der Waals surface area (Å²) in [5, 5.41) is 16.9. The van der Waals surface area contributed by atoms with Crippen molar-refractivity contribution < 1.29 is 19.4 Å². The zero-order valence-electron chi connectivity index (χ0n) is 16.7. The van der Waals surface area contributed by atoms with Crippen molar-refractivity contribution in [3.05, 3.63) is 35.2 Å². The molecule has 0 spiro atoms. The van der Waals surface area contributed by atoms with Gasteiger partial charge in [0.15, 0.2) is 5.13 Å². The molecule has 1 amide bonds. The molecule has 0 atom stereocenters. The van der Waals surface area contributed by atoms with E-state index in [1.165, 1.54) is 11.3 Å². The van der Waals surface area contributed by atoms with Crippen LogP contribution in [0.3, 0.4) is 0 Å². The SMILES string of the molecule is CCOC(=O)/N=C(\N)c1ccc(-c2csc(NC3CCN(CC(=O)[O-])CC3)n2)cc1. The quantitative estimate of drug-likeness (QED) is 0.496. The molecule has 3 N–H and O–H groups in total. The maximum Gasteiger partial charge on any atom is 0.435 e. The number of carboxylic acid groups (broad SMARTS) is 1. The molecule has 1 aromatic heterocycles. The second-order valence-corrected chi connectivity index (χ2v) is 7.74. The van der Waals surface area contributed by atoms with Crippen molar-refractivity contribution in [2.24, 2.45) is 10.7 Å². The number of nitrogens with one attached hydrogen (secondary N) is 1. The predicted octanol–water partition coefficient (Wildman–Crippen LogP) is 1.30. The lowest BCUT2D eigenvalue weighted by atomic mass is 10.1. The Hall–Kier alpha value is -2.98. The summed E-state index contributed by atoms with van der Waals surface area (Å²) in [5.41, 5.74) is 8.24. The second kappa shape index (κ2) is 10.2. The van der Waals surface area contributed by atoms with Crippen molar-refractivity contribution in [2.45, 2.75) is 25.8 Å². The minimum Gasteiger partial charge on any atom is -0.549 e. The molecule has 10 heteroatoms. The molecule has 1 aliphatic rings. The smallest absolute Gasteiger partial charge is 0.435 e. The summed E-state index contributed by atoms with van der Waals surface area (Å²) >= 11 is 1.52. The molecule has 30 heavy (non-hydrogen) atoms. The van der Waals surface area contributed by atoms with Gasteiger partial charge in [-0.05, 0) is 19.8 Å². The number of aliphatic imine (C=N–C) groups is 1. The van der Waals surface area contributed by atoms with Gasteiger partial charge in [-0.25, -0.2) is 9.78 Å². The molecule has 3 rings (SSSR count). The van der Waals surface area contributed by atoms with E-state index in [-0.39, 0.29) is 25.0 Å². The fourth-order valence-electron chi connectivity index (χ4n) is 3.20. The first kappa shape index (κ1) is 21.7. The van der Waals surface area contributed by atoms with E-state index in [4.69, 9.17) is 10.5 Å². The number of nitrogens with zero attached hydrogens (tertiary/aromatic N) is 3. The molecule has 0 saturated carbocycles. The van der Waals surface area contributed by atoms with E-state index >= 15 is 0 Å². The lowest BCUT2D eigenvalue weighted by Gasteiger charge is -2.32. The average molecular weight is 431 g/mol. The van der Waals surface area contributed by atoms with Crippen LogP contribution in [-0.2, 0) is 9.53 Å². The Morgan fingerprint density at radius 3 is 2.67 bits per heavy atom. The first-order valence-electron chi connectivity index (χ1n) is 9.70. The van der Waals surface area contributed by atoms with Gasteiger partial charge in [0.2, 0.25) is 0 Å². The van der Waals surface area contributed by atoms with Gasteiger partial charge in [-0.2, -0.15) is 4.99 Å². The Morgan fingerprint density at radius 1 is 1.33 bits per heavy atom. The number of carbonyl (C=O) groups excluding carboxylic acids is 2. The van der Waals surface area contributed by atoms with Crippen molar-refractivity contribution in [3.8, 4) is 11.3 Å². The highest BCUT2D eigenvalue weighted by molar-refractivity contribution is 7.14. The fourth-order valence-corrected chi connectivity index (χ4v) is 3.99. The maximum absolute atomic E-state index is 11.4. The van der Waals surface area contributed by atoms with E-state index < -0.39 is 12.1 Å². The predicted molar refractivity (Wildman–Crippen MR) is 113 cm³/mol. The van der Waals surface area contributed by atoms with Crippen LogP contribution >= 0.6 is 11.3 Å². The molecule has 0 radical (unpaired) electrons. The molecule has 2 aromatic rings. The third kappa shape index (κ3) is 6.01. The summed E-state index contributed by atoms with van der Waals surface area (Å²) in [5.74, 6) is -0.934. The highest BCUT2D eigenvalue weighted by Gasteiger charge is 2.20. The van der Waals surface area contributed by atoms with E-state index in [9.17, 15) is 14.7 Å². The van der Waals surface area contributed by atoms with Crippen molar-refractivity contribution in [2.75, 3.05) is 31.6 Å². The molecule has 2 heterocycles. The molecule has 160 valence electrons. The van der Waals surface area contributed by atoms with Crippen LogP contribution < -0.4 is 16.2 Å². The summed E-state index contributed by atoms with van der Waals surface area (Å²) in [6.45, 7) is 3.38. The van der Waals surface area contributed by atoms with E-state index in [0.717, 1.165) is 42.3 Å². The second-order valence-electron chi connectivity index (χ2n) is 6.88. The van der Waals surface area contributed by atoms with Crippen LogP contribution in [0, 0.1) is 0 Å². The Labute approximate surface area is 178 Å². The first-order valence-corrected chi connectivity index (χ1v) is 10.6. The Kier molecular flexibility index (Phi) is 7.36. The Morgan fingerprint density at radius 2 is 2.03 bits per heavy atom. The topological polar surface area (TPSA) is 133 Å². The molecule has 1 saturated heterocycles. The number of hydrogen-bond acceptors (Lipinski definition) is 8. The number of amidine groups is 1. The number of carboxylic acids is 1. The largest absolute Gasteiger partial charge is 0.549 e. The number of carbonyl (C=O) groups is 2. The molecule has 0 aliphatic carbocycles. The third-order valence-corrected chi connectivity index (χ3v) is 5.50. The molecule has 9 nitrogen and oxygen atoms in total. The van der Waals surface area contributed by atoms with Crippen molar-refractivity contribution >= 4 is 34.4 Å². The van der Waals surface area contributed by atoms with Gasteiger partial charge in [0, 0.05) is 42.2 Å². The zero-order chi connectivity index (χ0) is 21.5. The summed E-state index contributed by atoms with van der Waals surface area (Å²) < 4.78 is 4.76. The number of amides is 1. The number of thiazole rings is 1. The van der Waals surface area contributed by atoms with Crippen molar-refractivity contribution in [1.82, 2.24) is 9.88 Å². The number of hydrogen-bond donors (Lipinski definition) is 2. The fraction of sp³-hybridized carbons (Fsp3) is 0.400. The average Bonchev–Trinajstić information content (AvgIpc) is 3.18. The Balaban J connectivity index is 1.57. The van der Waals surface area contributed by atoms with Gasteiger partial charge in [0.25, 0.3) is 0 Å². The van der Waals surface area contributed by atoms with Gasteiger partial charge in [-0.15, -0.1) is 11.3 Å². The van der Waals surface area contributed by atoms with Gasteiger partial charge < -0.3 is 25.7 Å². The lowest BCUT2D eigenvalue weighted by molar-refractivity contribution is -0.306. The minimum atomic E-state index is -1.04. The number of nitrogens with two attached hydrogens (primary N) is 1. The highest BCUT2D eigenvalue weighted by atomic mass is 32.1. The summed E-state index contributed by atoms with van der Waals surface area (Å²) in [4.78, 5) is 32.3. The van der Waals surface area contributed by atoms with Crippen LogP contribution in [0.4, 0.5) is 9.93 Å². The van der Waals surface area contributed by atoms with Crippen LogP contribution in [-0.4, -0.2) is 60.1 Å². The minimum absolute atomic E-state index is 0.0148. The van der Waals surface area contributed by atoms with Crippen molar-refractivity contribution in [1.29, 1.82) is 0 Å². The molecule has 0 bridgehead atoms. The molecular weight excluding hydrogens is 406 g/mol. The van der Waals surface area contributed by atoms with E-state index in [2.05, 4.69) is 15.3 Å². The highest BCUT2D eigenvalue weighted by Crippen LogP contribution is 2.27.